The second-order valence-electron chi connectivity index (χ2n) is 4.97. The van der Waals surface area contributed by atoms with Crippen LogP contribution in [-0.2, 0) is 6.54 Å². The lowest BCUT2D eigenvalue weighted by Crippen LogP contribution is -2.25. The predicted molar refractivity (Wildman–Crippen MR) is 78.0 cm³/mol. The van der Waals surface area contributed by atoms with Gasteiger partial charge in [-0.05, 0) is 37.6 Å². The lowest BCUT2D eigenvalue weighted by Gasteiger charge is -2.21. The van der Waals surface area contributed by atoms with Crippen LogP contribution in [0.25, 0.3) is 5.52 Å². The molecule has 0 saturated carbocycles. The molecule has 0 saturated heterocycles. The van der Waals surface area contributed by atoms with Crippen molar-refractivity contribution in [1.82, 2.24) is 14.5 Å². The van der Waals surface area contributed by atoms with Crippen molar-refractivity contribution in [3.8, 4) is 0 Å². The number of pyridine rings is 1. The van der Waals surface area contributed by atoms with Gasteiger partial charge >= 0.3 is 5.97 Å². The molecule has 0 unspecified atom stereocenters. The van der Waals surface area contributed by atoms with E-state index in [1.807, 2.05) is 12.1 Å². The highest BCUT2D eigenvalue weighted by Gasteiger charge is 2.16. The predicted octanol–water partition coefficient (Wildman–Crippen LogP) is 2.65. The molecule has 0 fully saturated rings. The van der Waals surface area contributed by atoms with Crippen LogP contribution in [0.5, 0.6) is 0 Å². The van der Waals surface area contributed by atoms with E-state index in [4.69, 9.17) is 0 Å². The summed E-state index contributed by atoms with van der Waals surface area (Å²) < 4.78 is 1.65. The summed E-state index contributed by atoms with van der Waals surface area (Å²) in [5.74, 6) is -0.926. The Morgan fingerprint density at radius 1 is 1.35 bits per heavy atom. The first-order valence-corrected chi connectivity index (χ1v) is 7.08. The minimum Gasteiger partial charge on any atom is -0.478 e. The first kappa shape index (κ1) is 14.5. The smallest absolute Gasteiger partial charge is 0.339 e. The fourth-order valence-corrected chi connectivity index (χ4v) is 2.54. The summed E-state index contributed by atoms with van der Waals surface area (Å²) in [6.07, 6.45) is 5.39. The second-order valence-corrected chi connectivity index (χ2v) is 4.97. The number of aromatic carboxylic acids is 1. The third-order valence-corrected chi connectivity index (χ3v) is 3.33. The molecule has 108 valence electrons. The van der Waals surface area contributed by atoms with Crippen molar-refractivity contribution in [2.24, 2.45) is 0 Å². The molecule has 20 heavy (non-hydrogen) atoms. The molecule has 2 aromatic heterocycles. The average Bonchev–Trinajstić information content (AvgIpc) is 2.84. The van der Waals surface area contributed by atoms with E-state index >= 15 is 0 Å². The van der Waals surface area contributed by atoms with Gasteiger partial charge in [0.2, 0.25) is 0 Å². The quantitative estimate of drug-likeness (QED) is 0.844. The molecule has 0 atom stereocenters. The summed E-state index contributed by atoms with van der Waals surface area (Å²) in [6.45, 7) is 7.12. The van der Waals surface area contributed by atoms with Crippen molar-refractivity contribution in [2.75, 3.05) is 13.1 Å². The zero-order valence-electron chi connectivity index (χ0n) is 12.0. The molecule has 2 aromatic rings. The van der Waals surface area contributed by atoms with E-state index in [2.05, 4.69) is 23.8 Å². The van der Waals surface area contributed by atoms with Gasteiger partial charge in [0, 0.05) is 12.7 Å². The van der Waals surface area contributed by atoms with Gasteiger partial charge in [-0.2, -0.15) is 5.10 Å². The van der Waals surface area contributed by atoms with Gasteiger partial charge in [0.1, 0.15) is 5.56 Å². The van der Waals surface area contributed by atoms with Gasteiger partial charge in [-0.25, -0.2) is 9.31 Å². The highest BCUT2D eigenvalue weighted by atomic mass is 16.4. The van der Waals surface area contributed by atoms with Crippen molar-refractivity contribution in [1.29, 1.82) is 0 Å². The summed E-state index contributed by atoms with van der Waals surface area (Å²) in [4.78, 5) is 13.7. The molecule has 5 heteroatoms. The van der Waals surface area contributed by atoms with Crippen LogP contribution in [0.4, 0.5) is 0 Å². The first-order chi connectivity index (χ1) is 9.67. The molecule has 0 radical (unpaired) electrons. The van der Waals surface area contributed by atoms with E-state index in [9.17, 15) is 9.90 Å². The van der Waals surface area contributed by atoms with E-state index in [1.165, 1.54) is 6.20 Å². The SMILES string of the molecule is CCCN(CCC)Cc1cccn2ncc(C(=O)O)c12. The molecule has 0 aliphatic rings. The lowest BCUT2D eigenvalue weighted by molar-refractivity contribution is 0.0699. The second kappa shape index (κ2) is 6.52. The third-order valence-electron chi connectivity index (χ3n) is 3.33. The maximum absolute atomic E-state index is 11.3. The molecule has 2 heterocycles. The number of carbonyl (C=O) groups is 1. The molecule has 0 bridgehead atoms. The van der Waals surface area contributed by atoms with E-state index < -0.39 is 5.97 Å². The number of nitrogens with zero attached hydrogens (tertiary/aromatic N) is 3. The average molecular weight is 275 g/mol. The number of carboxylic acids is 1. The normalized spacial score (nSPS) is 11.3. The standard InChI is InChI=1S/C15H21N3O2/c1-3-7-17(8-4-2)11-12-6-5-9-18-14(12)13(10-16-18)15(19)20/h5-6,9-10H,3-4,7-8,11H2,1-2H3,(H,19,20). The van der Waals surface area contributed by atoms with Crippen LogP contribution in [0, 0.1) is 0 Å². The highest BCUT2D eigenvalue weighted by Crippen LogP contribution is 2.18. The van der Waals surface area contributed by atoms with Crippen molar-refractivity contribution in [3.05, 3.63) is 35.7 Å². The van der Waals surface area contributed by atoms with Gasteiger partial charge in [-0.15, -0.1) is 0 Å². The van der Waals surface area contributed by atoms with Gasteiger partial charge in [-0.3, -0.25) is 4.90 Å². The van der Waals surface area contributed by atoms with Crippen LogP contribution in [-0.4, -0.2) is 38.7 Å². The summed E-state index contributed by atoms with van der Waals surface area (Å²) in [6, 6.07) is 3.90. The Morgan fingerprint density at radius 2 is 2.05 bits per heavy atom. The van der Waals surface area contributed by atoms with Crippen LogP contribution in [0.1, 0.15) is 42.6 Å². The van der Waals surface area contributed by atoms with Crippen LogP contribution in [0.3, 0.4) is 0 Å². The van der Waals surface area contributed by atoms with E-state index in [0.29, 0.717) is 5.52 Å². The number of aromatic nitrogens is 2. The molecule has 0 aromatic carbocycles. The molecule has 0 spiro atoms. The largest absolute Gasteiger partial charge is 0.478 e. The van der Waals surface area contributed by atoms with E-state index in [0.717, 1.165) is 38.0 Å². The minimum absolute atomic E-state index is 0.272. The summed E-state index contributed by atoms with van der Waals surface area (Å²) in [7, 11) is 0. The van der Waals surface area contributed by atoms with Gasteiger partial charge in [0.25, 0.3) is 0 Å². The van der Waals surface area contributed by atoms with Crippen LogP contribution in [0.15, 0.2) is 24.5 Å². The summed E-state index contributed by atoms with van der Waals surface area (Å²) >= 11 is 0. The summed E-state index contributed by atoms with van der Waals surface area (Å²) in [5, 5.41) is 13.4. The van der Waals surface area contributed by atoms with Crippen LogP contribution < -0.4 is 0 Å². The number of carboxylic acid groups (broad SMARTS) is 1. The van der Waals surface area contributed by atoms with Gasteiger partial charge < -0.3 is 5.11 Å². The zero-order chi connectivity index (χ0) is 14.5. The van der Waals surface area contributed by atoms with E-state index in [1.54, 1.807) is 10.7 Å². The molecule has 0 aliphatic heterocycles. The zero-order valence-corrected chi connectivity index (χ0v) is 12.0. The topological polar surface area (TPSA) is 57.8 Å². The Balaban J connectivity index is 2.37. The van der Waals surface area contributed by atoms with Crippen LogP contribution in [0.2, 0.25) is 0 Å². The lowest BCUT2D eigenvalue weighted by atomic mass is 10.1. The molecule has 2 rings (SSSR count). The fourth-order valence-electron chi connectivity index (χ4n) is 2.54. The van der Waals surface area contributed by atoms with Gasteiger partial charge in [0.15, 0.2) is 0 Å². The van der Waals surface area contributed by atoms with Crippen molar-refractivity contribution in [3.63, 3.8) is 0 Å². The Kier molecular flexibility index (Phi) is 4.74. The fraction of sp³-hybridized carbons (Fsp3) is 0.467. The maximum atomic E-state index is 11.3. The van der Waals surface area contributed by atoms with Crippen LogP contribution >= 0.6 is 0 Å². The number of rotatable bonds is 7. The van der Waals surface area contributed by atoms with E-state index in [-0.39, 0.29) is 5.56 Å². The Morgan fingerprint density at radius 3 is 2.65 bits per heavy atom. The first-order valence-electron chi connectivity index (χ1n) is 7.08. The molecular weight excluding hydrogens is 254 g/mol. The number of hydrogen-bond acceptors (Lipinski definition) is 3. The Hall–Kier alpha value is -1.88. The maximum Gasteiger partial charge on any atom is 0.339 e. The van der Waals surface area contributed by atoms with Crippen molar-refractivity contribution in [2.45, 2.75) is 33.2 Å². The molecule has 1 N–H and O–H groups in total. The Bertz CT molecular complexity index is 586. The number of fused-ring (bicyclic) bond motifs is 1. The minimum atomic E-state index is -0.926. The number of hydrogen-bond donors (Lipinski definition) is 1. The van der Waals surface area contributed by atoms with Gasteiger partial charge in [-0.1, -0.05) is 19.9 Å². The monoisotopic (exact) mass is 275 g/mol. The highest BCUT2D eigenvalue weighted by molar-refractivity contribution is 5.96. The van der Waals surface area contributed by atoms with Crippen molar-refractivity contribution < 1.29 is 9.90 Å². The molecular formula is C15H21N3O2. The third kappa shape index (κ3) is 2.99. The van der Waals surface area contributed by atoms with Crippen molar-refractivity contribution >= 4 is 11.5 Å². The molecule has 0 aliphatic carbocycles. The summed E-state index contributed by atoms with van der Waals surface area (Å²) in [5.41, 5.74) is 2.00. The Labute approximate surface area is 118 Å². The van der Waals surface area contributed by atoms with Gasteiger partial charge in [0.05, 0.1) is 11.7 Å². The molecule has 0 amide bonds. The molecule has 5 nitrogen and oxygen atoms in total.